The Bertz CT molecular complexity index is 354. The number of halogens is 1. The van der Waals surface area contributed by atoms with Gasteiger partial charge in [-0.2, -0.15) is 0 Å². The summed E-state index contributed by atoms with van der Waals surface area (Å²) in [6.07, 6.45) is 9.45. The maximum Gasteiger partial charge on any atom is 0.0637 e. The molecule has 0 bridgehead atoms. The Kier molecular flexibility index (Phi) is 4.73. The van der Waals surface area contributed by atoms with Crippen molar-refractivity contribution in [3.63, 3.8) is 0 Å². The molecule has 0 radical (unpaired) electrons. The van der Waals surface area contributed by atoms with Crippen molar-refractivity contribution in [2.45, 2.75) is 57.9 Å². The number of rotatable bonds is 2. The lowest BCUT2D eigenvalue weighted by Gasteiger charge is -2.23. The summed E-state index contributed by atoms with van der Waals surface area (Å²) in [4.78, 5) is 0. The summed E-state index contributed by atoms with van der Waals surface area (Å²) in [6, 6.07) is 6.81. The number of aryl methyl sites for hydroxylation is 1. The van der Waals surface area contributed by atoms with Crippen LogP contribution in [0.15, 0.2) is 18.2 Å². The fourth-order valence-electron chi connectivity index (χ4n) is 2.57. The molecule has 0 unspecified atom stereocenters. The summed E-state index contributed by atoms with van der Waals surface area (Å²) >= 11 is 6.23. The zero-order valence-electron chi connectivity index (χ0n) is 10.6. The lowest BCUT2D eigenvalue weighted by Crippen LogP contribution is -2.20. The van der Waals surface area contributed by atoms with Crippen LogP contribution in [-0.2, 0) is 0 Å². The molecule has 0 heterocycles. The molecule has 0 amide bonds. The van der Waals surface area contributed by atoms with Gasteiger partial charge in [0, 0.05) is 6.04 Å². The SMILES string of the molecule is Cc1ccc(Cl)c(NC2CCCCCCC2)c1. The summed E-state index contributed by atoms with van der Waals surface area (Å²) in [6.45, 7) is 2.11. The molecule has 1 N–H and O–H groups in total. The Morgan fingerprint density at radius 1 is 1.06 bits per heavy atom. The molecule has 1 aromatic rings. The summed E-state index contributed by atoms with van der Waals surface area (Å²) < 4.78 is 0. The second kappa shape index (κ2) is 6.30. The fraction of sp³-hybridized carbons (Fsp3) is 0.600. The van der Waals surface area contributed by atoms with E-state index >= 15 is 0 Å². The molecule has 0 atom stereocenters. The van der Waals surface area contributed by atoms with Crippen LogP contribution in [0.25, 0.3) is 0 Å². The van der Waals surface area contributed by atoms with E-state index in [9.17, 15) is 0 Å². The van der Waals surface area contributed by atoms with Gasteiger partial charge < -0.3 is 5.32 Å². The molecule has 0 saturated heterocycles. The maximum atomic E-state index is 6.23. The largest absolute Gasteiger partial charge is 0.381 e. The monoisotopic (exact) mass is 251 g/mol. The van der Waals surface area contributed by atoms with E-state index in [1.54, 1.807) is 0 Å². The van der Waals surface area contributed by atoms with Crippen molar-refractivity contribution in [2.24, 2.45) is 0 Å². The van der Waals surface area contributed by atoms with Crippen LogP contribution in [0.4, 0.5) is 5.69 Å². The molecular formula is C15H22ClN. The van der Waals surface area contributed by atoms with Gasteiger partial charge in [0.15, 0.2) is 0 Å². The highest BCUT2D eigenvalue weighted by atomic mass is 35.5. The quantitative estimate of drug-likeness (QED) is 0.764. The molecule has 1 fully saturated rings. The lowest BCUT2D eigenvalue weighted by molar-refractivity contribution is 0.471. The van der Waals surface area contributed by atoms with Crippen LogP contribution in [0.1, 0.15) is 50.5 Å². The summed E-state index contributed by atoms with van der Waals surface area (Å²) in [5.41, 5.74) is 2.37. The van der Waals surface area contributed by atoms with Crippen molar-refractivity contribution in [1.82, 2.24) is 0 Å². The van der Waals surface area contributed by atoms with Gasteiger partial charge in [0.25, 0.3) is 0 Å². The van der Waals surface area contributed by atoms with E-state index in [-0.39, 0.29) is 0 Å². The van der Waals surface area contributed by atoms with Crippen LogP contribution in [0.3, 0.4) is 0 Å². The van der Waals surface area contributed by atoms with Crippen molar-refractivity contribution in [3.05, 3.63) is 28.8 Å². The number of benzene rings is 1. The van der Waals surface area contributed by atoms with E-state index in [4.69, 9.17) is 11.6 Å². The third-order valence-corrected chi connectivity index (χ3v) is 3.92. The fourth-order valence-corrected chi connectivity index (χ4v) is 2.74. The number of anilines is 1. The molecule has 1 nitrogen and oxygen atoms in total. The third kappa shape index (κ3) is 3.92. The van der Waals surface area contributed by atoms with Crippen LogP contribution >= 0.6 is 11.6 Å². The zero-order chi connectivity index (χ0) is 12.1. The first-order chi connectivity index (χ1) is 8.25. The van der Waals surface area contributed by atoms with Gasteiger partial charge in [0.2, 0.25) is 0 Å². The average molecular weight is 252 g/mol. The van der Waals surface area contributed by atoms with Crippen molar-refractivity contribution >= 4 is 17.3 Å². The molecule has 2 heteroatoms. The van der Waals surface area contributed by atoms with Crippen molar-refractivity contribution < 1.29 is 0 Å². The number of hydrogen-bond donors (Lipinski definition) is 1. The topological polar surface area (TPSA) is 12.0 Å². The van der Waals surface area contributed by atoms with E-state index in [1.807, 2.05) is 6.07 Å². The van der Waals surface area contributed by atoms with E-state index < -0.39 is 0 Å². The van der Waals surface area contributed by atoms with Crippen LogP contribution in [0, 0.1) is 6.92 Å². The zero-order valence-corrected chi connectivity index (χ0v) is 11.4. The van der Waals surface area contributed by atoms with E-state index in [0.29, 0.717) is 6.04 Å². The van der Waals surface area contributed by atoms with Gasteiger partial charge in [-0.1, -0.05) is 49.8 Å². The first-order valence-electron chi connectivity index (χ1n) is 6.78. The minimum absolute atomic E-state index is 0.606. The number of nitrogens with one attached hydrogen (secondary N) is 1. The molecule has 1 aliphatic rings. The minimum Gasteiger partial charge on any atom is -0.381 e. The molecule has 2 rings (SSSR count). The standard InChI is InChI=1S/C15H22ClN/c1-12-9-10-14(16)15(11-12)17-13-7-5-3-2-4-6-8-13/h9-11,13,17H,2-8H2,1H3. The van der Waals surface area contributed by atoms with Gasteiger partial charge in [-0.3, -0.25) is 0 Å². The first kappa shape index (κ1) is 12.8. The Balaban J connectivity index is 2.00. The van der Waals surface area contributed by atoms with Crippen LogP contribution < -0.4 is 5.32 Å². The molecule has 0 aliphatic heterocycles. The molecule has 1 saturated carbocycles. The van der Waals surface area contributed by atoms with Crippen LogP contribution in [0.5, 0.6) is 0 Å². The molecular weight excluding hydrogens is 230 g/mol. The van der Waals surface area contributed by atoms with Gasteiger partial charge in [0.1, 0.15) is 0 Å². The average Bonchev–Trinajstić information content (AvgIpc) is 2.27. The van der Waals surface area contributed by atoms with E-state index in [0.717, 1.165) is 10.7 Å². The van der Waals surface area contributed by atoms with Gasteiger partial charge in [-0.15, -0.1) is 0 Å². The van der Waals surface area contributed by atoms with Crippen molar-refractivity contribution in [3.8, 4) is 0 Å². The Morgan fingerprint density at radius 3 is 2.41 bits per heavy atom. The molecule has 0 spiro atoms. The van der Waals surface area contributed by atoms with Crippen molar-refractivity contribution in [2.75, 3.05) is 5.32 Å². The maximum absolute atomic E-state index is 6.23. The Hall–Kier alpha value is -0.690. The molecule has 17 heavy (non-hydrogen) atoms. The van der Waals surface area contributed by atoms with Gasteiger partial charge in [-0.05, 0) is 37.5 Å². The Morgan fingerprint density at radius 2 is 1.71 bits per heavy atom. The van der Waals surface area contributed by atoms with E-state index in [2.05, 4.69) is 24.4 Å². The molecule has 0 aromatic heterocycles. The van der Waals surface area contributed by atoms with E-state index in [1.165, 1.54) is 50.5 Å². The van der Waals surface area contributed by atoms with Crippen LogP contribution in [0.2, 0.25) is 5.02 Å². The van der Waals surface area contributed by atoms with Gasteiger partial charge in [-0.25, -0.2) is 0 Å². The summed E-state index contributed by atoms with van der Waals surface area (Å²) in [5.74, 6) is 0. The molecule has 1 aliphatic carbocycles. The smallest absolute Gasteiger partial charge is 0.0637 e. The van der Waals surface area contributed by atoms with Gasteiger partial charge >= 0.3 is 0 Å². The van der Waals surface area contributed by atoms with Crippen molar-refractivity contribution in [1.29, 1.82) is 0 Å². The highest BCUT2D eigenvalue weighted by Gasteiger charge is 2.12. The predicted molar refractivity (Wildman–Crippen MR) is 75.9 cm³/mol. The third-order valence-electron chi connectivity index (χ3n) is 3.59. The highest BCUT2D eigenvalue weighted by molar-refractivity contribution is 6.33. The molecule has 94 valence electrons. The summed E-state index contributed by atoms with van der Waals surface area (Å²) in [5, 5.41) is 4.47. The predicted octanol–water partition coefficient (Wildman–Crippen LogP) is 5.17. The normalized spacial score (nSPS) is 18.5. The second-order valence-electron chi connectivity index (χ2n) is 5.17. The Labute approximate surface area is 110 Å². The lowest BCUT2D eigenvalue weighted by atomic mass is 9.96. The number of hydrogen-bond acceptors (Lipinski definition) is 1. The highest BCUT2D eigenvalue weighted by Crippen LogP contribution is 2.26. The van der Waals surface area contributed by atoms with Crippen LogP contribution in [-0.4, -0.2) is 6.04 Å². The molecule has 1 aromatic carbocycles. The summed E-state index contributed by atoms with van der Waals surface area (Å²) in [7, 11) is 0. The van der Waals surface area contributed by atoms with Gasteiger partial charge in [0.05, 0.1) is 10.7 Å². The first-order valence-corrected chi connectivity index (χ1v) is 7.16. The minimum atomic E-state index is 0.606. The second-order valence-corrected chi connectivity index (χ2v) is 5.58.